The van der Waals surface area contributed by atoms with Crippen molar-refractivity contribution >= 4 is 59.8 Å². The zero-order chi connectivity index (χ0) is 51.8. The molecule has 3 aromatic heterocycles. The molecule has 17 nitrogen and oxygen atoms in total. The number of nitrogens with one attached hydrogen (secondary N) is 3. The van der Waals surface area contributed by atoms with Crippen LogP contribution in [0.1, 0.15) is 29.9 Å². The van der Waals surface area contributed by atoms with Gasteiger partial charge in [-0.15, -0.1) is 0 Å². The van der Waals surface area contributed by atoms with Crippen LogP contribution in [0.5, 0.6) is 23.0 Å². The van der Waals surface area contributed by atoms with Crippen molar-refractivity contribution in [2.75, 3.05) is 9.44 Å². The molecule has 0 unspecified atom stereocenters. The number of carbonyl (C=O) groups is 1. The minimum Gasteiger partial charge on any atom is -0.475 e. The van der Waals surface area contributed by atoms with Crippen LogP contribution in [0.15, 0.2) is 186 Å². The van der Waals surface area contributed by atoms with Gasteiger partial charge in [-0.25, -0.2) is 19.7 Å². The SMILES string of the molecule is C.Cn1cnc(S(=O)(=O)Nc2ccc3c(c2)N=C(Cc2ccc(Oc4ccccc4)cc2)C3)c1.Cn1cnc(S(=O)(=O)Nc2ccc3nc(Cc4ccc(Oc5ccccc5)cc4)[nH]c3c2)c1.O=C(O)C(F)(F)F. The monoisotopic (exact) mass is 1050 g/mol. The van der Waals surface area contributed by atoms with Crippen molar-refractivity contribution in [3.63, 3.8) is 0 Å². The Balaban J connectivity index is 0.000000189. The van der Waals surface area contributed by atoms with Crippen LogP contribution < -0.4 is 18.9 Å². The van der Waals surface area contributed by atoms with E-state index < -0.39 is 32.2 Å². The Morgan fingerprint density at radius 2 is 1.12 bits per heavy atom. The maximum atomic E-state index is 12.5. The molecule has 6 aromatic carbocycles. The van der Waals surface area contributed by atoms with Crippen LogP contribution in [0.2, 0.25) is 0 Å². The van der Waals surface area contributed by atoms with E-state index >= 15 is 0 Å². The van der Waals surface area contributed by atoms with E-state index in [2.05, 4.69) is 29.4 Å². The molecule has 0 atom stereocenters. The van der Waals surface area contributed by atoms with Gasteiger partial charge in [-0.2, -0.15) is 30.0 Å². The highest BCUT2D eigenvalue weighted by atomic mass is 32.2. The third-order valence-corrected chi connectivity index (χ3v) is 13.1. The molecular formula is C52H48F3N9O8S2. The Morgan fingerprint density at radius 1 is 0.662 bits per heavy atom. The Labute approximate surface area is 424 Å². The average Bonchev–Trinajstić information content (AvgIpc) is 4.18. The normalized spacial score (nSPS) is 11.9. The zero-order valence-electron chi connectivity index (χ0n) is 38.7. The highest BCUT2D eigenvalue weighted by Gasteiger charge is 2.38. The number of benzene rings is 6. The number of sulfonamides is 2. The Kier molecular flexibility index (Phi) is 16.3. The summed E-state index contributed by atoms with van der Waals surface area (Å²) in [7, 11) is -4.06. The van der Waals surface area contributed by atoms with E-state index in [-0.39, 0.29) is 17.5 Å². The van der Waals surface area contributed by atoms with Crippen molar-refractivity contribution in [1.82, 2.24) is 29.1 Å². The van der Waals surface area contributed by atoms with Gasteiger partial charge in [0.15, 0.2) is 10.1 Å². The fraction of sp³-hybridized carbons (Fsp3) is 0.135. The maximum Gasteiger partial charge on any atom is 0.490 e. The highest BCUT2D eigenvalue weighted by molar-refractivity contribution is 7.93. The van der Waals surface area contributed by atoms with Crippen molar-refractivity contribution in [2.24, 2.45) is 19.1 Å². The molecule has 4 N–H and O–H groups in total. The predicted octanol–water partition coefficient (Wildman–Crippen LogP) is 10.6. The minimum absolute atomic E-state index is 0. The van der Waals surface area contributed by atoms with Crippen LogP contribution in [0.25, 0.3) is 11.0 Å². The van der Waals surface area contributed by atoms with E-state index in [1.165, 1.54) is 25.0 Å². The summed E-state index contributed by atoms with van der Waals surface area (Å²) in [4.78, 5) is 29.4. The number of nitrogens with zero attached hydrogens (tertiary/aromatic N) is 6. The first-order valence-electron chi connectivity index (χ1n) is 22.0. The second-order valence-electron chi connectivity index (χ2n) is 16.4. The number of hydrogen-bond donors (Lipinski definition) is 4. The van der Waals surface area contributed by atoms with Crippen LogP contribution in [-0.2, 0) is 58.2 Å². The Hall–Kier alpha value is -8.76. The number of ether oxygens (including phenoxy) is 2. The average molecular weight is 1050 g/mol. The van der Waals surface area contributed by atoms with Gasteiger partial charge in [0.1, 0.15) is 28.8 Å². The standard InChI is InChI=1S/C25H22N4O3S.C24H21N5O3S.C2HF3O2.CH4/c1-29-16-25(26-17-29)33(30,31)28-20-10-9-19-14-21(27-24(19)15-20)13-18-7-11-23(12-8-18)32-22-5-3-2-4-6-22;1-29-15-24(25-16-29)33(30,31)28-18-9-12-21-22(14-18)27-23(26-21)13-17-7-10-20(11-8-17)32-19-5-3-2-4-6-19;3-2(4,5)1(6)7;/h2-12,15-17,28H,13-14H2,1H3;2-12,14-16,28H,13H2,1H3,(H,26,27);(H,6,7);1H4. The quantitative estimate of drug-likeness (QED) is 0.0801. The summed E-state index contributed by atoms with van der Waals surface area (Å²) in [6.07, 6.45) is 2.79. The number of halogens is 3. The van der Waals surface area contributed by atoms with Gasteiger partial charge in [0, 0.05) is 51.5 Å². The number of rotatable bonds is 14. The Bertz CT molecular complexity index is 3630. The molecule has 0 aliphatic carbocycles. The van der Waals surface area contributed by atoms with Gasteiger partial charge in [0.05, 0.1) is 40.8 Å². The van der Waals surface area contributed by atoms with E-state index in [1.807, 2.05) is 115 Å². The number of aliphatic imine (C=N–C) groups is 1. The van der Waals surface area contributed by atoms with Gasteiger partial charge in [-0.3, -0.25) is 14.4 Å². The van der Waals surface area contributed by atoms with Crippen molar-refractivity contribution in [1.29, 1.82) is 0 Å². The number of alkyl halides is 3. The van der Waals surface area contributed by atoms with Crippen molar-refractivity contribution in [2.45, 2.75) is 42.9 Å². The molecule has 0 saturated heterocycles. The number of para-hydroxylation sites is 2. The molecule has 382 valence electrons. The predicted molar refractivity (Wildman–Crippen MR) is 274 cm³/mol. The summed E-state index contributed by atoms with van der Waals surface area (Å²) in [6.45, 7) is 0. The van der Waals surface area contributed by atoms with Crippen molar-refractivity contribution in [3.8, 4) is 23.0 Å². The van der Waals surface area contributed by atoms with E-state index in [1.54, 1.807) is 53.6 Å². The number of H-pyrrole nitrogens is 1. The maximum absolute atomic E-state index is 12.5. The molecule has 74 heavy (non-hydrogen) atoms. The number of aryl methyl sites for hydroxylation is 2. The topological polar surface area (TPSA) is 225 Å². The van der Waals surface area contributed by atoms with Gasteiger partial charge in [-0.05, 0) is 95.6 Å². The van der Waals surface area contributed by atoms with Gasteiger partial charge in [0.2, 0.25) is 0 Å². The number of carboxylic acid groups (broad SMARTS) is 1. The lowest BCUT2D eigenvalue weighted by Gasteiger charge is -2.07. The zero-order valence-corrected chi connectivity index (χ0v) is 40.4. The summed E-state index contributed by atoms with van der Waals surface area (Å²) in [5, 5.41) is 7.07. The first kappa shape index (κ1) is 53.0. The number of anilines is 2. The fourth-order valence-electron chi connectivity index (χ4n) is 7.12. The summed E-state index contributed by atoms with van der Waals surface area (Å²) in [6, 6.07) is 45.8. The van der Waals surface area contributed by atoms with E-state index in [9.17, 15) is 30.0 Å². The summed E-state index contributed by atoms with van der Waals surface area (Å²) in [5.41, 5.74) is 7.52. The number of imidazole rings is 3. The molecule has 1 aliphatic heterocycles. The Morgan fingerprint density at radius 3 is 1.59 bits per heavy atom. The fourth-order valence-corrected chi connectivity index (χ4v) is 9.19. The van der Waals surface area contributed by atoms with E-state index in [4.69, 9.17) is 24.4 Å². The number of hydrogen-bond acceptors (Lipinski definition) is 11. The van der Waals surface area contributed by atoms with Gasteiger partial charge in [-0.1, -0.05) is 74.2 Å². The van der Waals surface area contributed by atoms with Crippen molar-refractivity contribution in [3.05, 3.63) is 193 Å². The number of aromatic amines is 1. The molecule has 9 aromatic rings. The first-order chi connectivity index (χ1) is 34.8. The lowest BCUT2D eigenvalue weighted by molar-refractivity contribution is -0.192. The molecule has 0 bridgehead atoms. The third-order valence-electron chi connectivity index (χ3n) is 10.5. The number of aromatic nitrogens is 6. The number of carboxylic acids is 1. The van der Waals surface area contributed by atoms with Crippen LogP contribution in [0, 0.1) is 0 Å². The molecule has 0 saturated carbocycles. The van der Waals surface area contributed by atoms with Gasteiger partial charge >= 0.3 is 12.1 Å². The third kappa shape index (κ3) is 14.2. The number of aliphatic carboxylic acids is 1. The summed E-state index contributed by atoms with van der Waals surface area (Å²) in [5.74, 6) is 1.16. The van der Waals surface area contributed by atoms with E-state index in [0.717, 1.165) is 80.8 Å². The second-order valence-corrected chi connectivity index (χ2v) is 19.6. The van der Waals surface area contributed by atoms with Crippen molar-refractivity contribution < 1.29 is 49.4 Å². The molecule has 4 heterocycles. The first-order valence-corrected chi connectivity index (χ1v) is 24.9. The summed E-state index contributed by atoms with van der Waals surface area (Å²) >= 11 is 0. The van der Waals surface area contributed by atoms with E-state index in [0.29, 0.717) is 17.8 Å². The molecule has 0 radical (unpaired) electrons. The number of fused-ring (bicyclic) bond motifs is 2. The van der Waals surface area contributed by atoms with Gasteiger partial charge in [0.25, 0.3) is 20.0 Å². The molecular weight excluding hydrogens is 1000 g/mol. The lowest BCUT2D eigenvalue weighted by atomic mass is 10.0. The molecule has 0 amide bonds. The second kappa shape index (κ2) is 22.8. The molecule has 22 heteroatoms. The largest absolute Gasteiger partial charge is 0.490 e. The highest BCUT2D eigenvalue weighted by Crippen LogP contribution is 2.32. The molecule has 0 fully saturated rings. The molecule has 1 aliphatic rings. The van der Waals surface area contributed by atoms with Gasteiger partial charge < -0.3 is 28.7 Å². The summed E-state index contributed by atoms with van der Waals surface area (Å²) < 4.78 is 102. The van der Waals surface area contributed by atoms with Crippen LogP contribution >= 0.6 is 0 Å². The molecule has 10 rings (SSSR count). The van der Waals surface area contributed by atoms with Crippen LogP contribution in [-0.4, -0.2) is 68.9 Å². The van der Waals surface area contributed by atoms with Crippen LogP contribution in [0.3, 0.4) is 0 Å². The minimum atomic E-state index is -5.08. The van der Waals surface area contributed by atoms with Crippen LogP contribution in [0.4, 0.5) is 30.2 Å². The molecule has 0 spiro atoms. The lowest BCUT2D eigenvalue weighted by Crippen LogP contribution is -2.21. The smallest absolute Gasteiger partial charge is 0.475 e.